The Balaban J connectivity index is 2.36. The molecular weight excluding hydrogens is 266 g/mol. The van der Waals surface area contributed by atoms with E-state index < -0.39 is 6.04 Å². The van der Waals surface area contributed by atoms with E-state index in [1.165, 1.54) is 6.20 Å². The highest BCUT2D eigenvalue weighted by atomic mass is 35.5. The highest BCUT2D eigenvalue weighted by Crippen LogP contribution is 2.24. The van der Waals surface area contributed by atoms with Crippen LogP contribution in [0.1, 0.15) is 42.0 Å². The first-order valence-electron chi connectivity index (χ1n) is 5.93. The van der Waals surface area contributed by atoms with Crippen molar-refractivity contribution in [3.05, 3.63) is 34.9 Å². The zero-order chi connectivity index (χ0) is 14.2. The van der Waals surface area contributed by atoms with E-state index in [0.717, 1.165) is 0 Å². The van der Waals surface area contributed by atoms with Crippen LogP contribution in [0.15, 0.2) is 18.6 Å². The van der Waals surface area contributed by atoms with E-state index in [0.29, 0.717) is 16.3 Å². The number of carbonyl (C=O) groups excluding carboxylic acids is 1. The molecule has 0 aliphatic heterocycles. The van der Waals surface area contributed by atoms with E-state index in [4.69, 9.17) is 17.3 Å². The summed E-state index contributed by atoms with van der Waals surface area (Å²) in [6.45, 7) is 3.85. The molecule has 0 saturated carbocycles. The zero-order valence-corrected chi connectivity index (χ0v) is 11.8. The van der Waals surface area contributed by atoms with Gasteiger partial charge >= 0.3 is 0 Å². The Kier molecular flexibility index (Phi) is 3.73. The zero-order valence-electron chi connectivity index (χ0n) is 11.0. The van der Waals surface area contributed by atoms with E-state index in [-0.39, 0.29) is 11.8 Å². The molecule has 2 rings (SSSR count). The minimum absolute atomic E-state index is 0.0348. The Morgan fingerprint density at radius 2 is 2.05 bits per heavy atom. The second-order valence-corrected chi connectivity index (χ2v) is 5.08. The lowest BCUT2D eigenvalue weighted by atomic mass is 10.0. The van der Waals surface area contributed by atoms with Gasteiger partial charge in [-0.1, -0.05) is 11.6 Å². The SMILES string of the molecule is CC(C)n1ncc(Cl)c1C(=O)C(N)c1cnn(C)c1. The minimum atomic E-state index is -0.791. The van der Waals surface area contributed by atoms with E-state index in [9.17, 15) is 4.79 Å². The van der Waals surface area contributed by atoms with E-state index in [1.54, 1.807) is 28.8 Å². The van der Waals surface area contributed by atoms with Crippen LogP contribution in [0, 0.1) is 0 Å². The normalized spacial score (nSPS) is 12.9. The number of ketones is 1. The van der Waals surface area contributed by atoms with Gasteiger partial charge in [0.15, 0.2) is 0 Å². The van der Waals surface area contributed by atoms with Gasteiger partial charge in [-0.2, -0.15) is 10.2 Å². The number of rotatable bonds is 4. The quantitative estimate of drug-likeness (QED) is 0.866. The van der Waals surface area contributed by atoms with Crippen LogP contribution in [0.4, 0.5) is 0 Å². The molecule has 2 aromatic rings. The maximum absolute atomic E-state index is 12.5. The second-order valence-electron chi connectivity index (χ2n) is 4.67. The highest BCUT2D eigenvalue weighted by Gasteiger charge is 2.26. The Bertz CT molecular complexity index is 601. The van der Waals surface area contributed by atoms with Crippen molar-refractivity contribution in [1.29, 1.82) is 0 Å². The van der Waals surface area contributed by atoms with Gasteiger partial charge in [0.2, 0.25) is 5.78 Å². The Morgan fingerprint density at radius 3 is 2.58 bits per heavy atom. The molecule has 2 aromatic heterocycles. The first kappa shape index (κ1) is 13.8. The monoisotopic (exact) mass is 281 g/mol. The van der Waals surface area contributed by atoms with Gasteiger partial charge < -0.3 is 5.73 Å². The first-order valence-corrected chi connectivity index (χ1v) is 6.31. The summed E-state index contributed by atoms with van der Waals surface area (Å²) in [5.74, 6) is -0.260. The summed E-state index contributed by atoms with van der Waals surface area (Å²) in [5.41, 5.74) is 6.97. The number of halogens is 1. The maximum atomic E-state index is 12.5. The molecule has 0 saturated heterocycles. The van der Waals surface area contributed by atoms with Gasteiger partial charge in [0, 0.05) is 24.8 Å². The number of hydrogen-bond acceptors (Lipinski definition) is 4. The molecule has 2 N–H and O–H groups in total. The molecule has 0 aliphatic rings. The number of aromatic nitrogens is 4. The van der Waals surface area contributed by atoms with Crippen LogP contribution in [0.5, 0.6) is 0 Å². The fourth-order valence-corrected chi connectivity index (χ4v) is 2.09. The summed E-state index contributed by atoms with van der Waals surface area (Å²) in [5, 5.41) is 8.43. The van der Waals surface area contributed by atoms with Crippen LogP contribution in [0.3, 0.4) is 0 Å². The van der Waals surface area contributed by atoms with Gasteiger partial charge in [0.25, 0.3) is 0 Å². The molecule has 0 fully saturated rings. The summed E-state index contributed by atoms with van der Waals surface area (Å²) >= 11 is 6.04. The van der Waals surface area contributed by atoms with Crippen molar-refractivity contribution < 1.29 is 4.79 Å². The predicted octanol–water partition coefficient (Wildman–Crippen LogP) is 1.73. The van der Waals surface area contributed by atoms with Crippen molar-refractivity contribution in [3.63, 3.8) is 0 Å². The van der Waals surface area contributed by atoms with E-state index >= 15 is 0 Å². The van der Waals surface area contributed by atoms with Crippen molar-refractivity contribution in [2.75, 3.05) is 0 Å². The van der Waals surface area contributed by atoms with E-state index in [2.05, 4.69) is 10.2 Å². The van der Waals surface area contributed by atoms with Crippen LogP contribution < -0.4 is 5.73 Å². The molecule has 7 heteroatoms. The van der Waals surface area contributed by atoms with Crippen molar-refractivity contribution in [2.45, 2.75) is 25.9 Å². The fourth-order valence-electron chi connectivity index (χ4n) is 1.86. The third-order valence-corrected chi connectivity index (χ3v) is 3.12. The number of nitrogens with zero attached hydrogens (tertiary/aromatic N) is 4. The molecular formula is C12H16ClN5O. The van der Waals surface area contributed by atoms with Crippen molar-refractivity contribution >= 4 is 17.4 Å². The molecule has 0 radical (unpaired) electrons. The van der Waals surface area contributed by atoms with Crippen molar-refractivity contribution in [1.82, 2.24) is 19.6 Å². The summed E-state index contributed by atoms with van der Waals surface area (Å²) in [6.07, 6.45) is 4.75. The van der Waals surface area contributed by atoms with Crippen LogP contribution >= 0.6 is 11.6 Å². The number of Topliss-reactive ketones (excluding diaryl/α,β-unsaturated/α-hetero) is 1. The molecule has 6 nitrogen and oxygen atoms in total. The number of hydrogen-bond donors (Lipinski definition) is 1. The minimum Gasteiger partial charge on any atom is -0.317 e. The average Bonchev–Trinajstić information content (AvgIpc) is 2.93. The number of nitrogens with two attached hydrogens (primary N) is 1. The number of carbonyl (C=O) groups is 1. The summed E-state index contributed by atoms with van der Waals surface area (Å²) in [4.78, 5) is 12.5. The lowest BCUT2D eigenvalue weighted by Gasteiger charge is -2.13. The van der Waals surface area contributed by atoms with Crippen molar-refractivity contribution in [2.24, 2.45) is 12.8 Å². The van der Waals surface area contributed by atoms with Gasteiger partial charge in [-0.25, -0.2) is 0 Å². The largest absolute Gasteiger partial charge is 0.317 e. The first-order chi connectivity index (χ1) is 8.91. The fraction of sp³-hybridized carbons (Fsp3) is 0.417. The molecule has 102 valence electrons. The third-order valence-electron chi connectivity index (χ3n) is 2.84. The van der Waals surface area contributed by atoms with Gasteiger partial charge in [-0.3, -0.25) is 14.2 Å². The van der Waals surface area contributed by atoms with Gasteiger partial charge in [-0.15, -0.1) is 0 Å². The van der Waals surface area contributed by atoms with Crippen LogP contribution in [-0.4, -0.2) is 25.3 Å². The topological polar surface area (TPSA) is 78.7 Å². The number of aryl methyl sites for hydroxylation is 1. The van der Waals surface area contributed by atoms with Crippen LogP contribution in [0.2, 0.25) is 5.02 Å². The van der Waals surface area contributed by atoms with Gasteiger partial charge in [0.1, 0.15) is 5.69 Å². The maximum Gasteiger partial charge on any atom is 0.203 e. The van der Waals surface area contributed by atoms with E-state index in [1.807, 2.05) is 13.8 Å². The molecule has 0 spiro atoms. The molecule has 0 amide bonds. The molecule has 0 bridgehead atoms. The summed E-state index contributed by atoms with van der Waals surface area (Å²) in [7, 11) is 1.77. The average molecular weight is 282 g/mol. The smallest absolute Gasteiger partial charge is 0.203 e. The molecule has 1 unspecified atom stereocenters. The van der Waals surface area contributed by atoms with Gasteiger partial charge in [-0.05, 0) is 13.8 Å². The summed E-state index contributed by atoms with van der Waals surface area (Å²) in [6, 6.07) is -0.757. The Labute approximate surface area is 116 Å². The molecule has 2 heterocycles. The molecule has 0 aromatic carbocycles. The van der Waals surface area contributed by atoms with Crippen LogP contribution in [0.25, 0.3) is 0 Å². The third kappa shape index (κ3) is 2.54. The highest BCUT2D eigenvalue weighted by molar-refractivity contribution is 6.33. The van der Waals surface area contributed by atoms with Crippen LogP contribution in [-0.2, 0) is 7.05 Å². The van der Waals surface area contributed by atoms with Crippen molar-refractivity contribution in [3.8, 4) is 0 Å². The lowest BCUT2D eigenvalue weighted by molar-refractivity contribution is 0.0949. The standard InChI is InChI=1S/C12H16ClN5O/c1-7(2)18-11(9(13)5-16-18)12(19)10(14)8-4-15-17(3)6-8/h4-7,10H,14H2,1-3H3. The molecule has 1 atom stereocenters. The summed E-state index contributed by atoms with van der Waals surface area (Å²) < 4.78 is 3.19. The molecule has 19 heavy (non-hydrogen) atoms. The lowest BCUT2D eigenvalue weighted by Crippen LogP contribution is -2.25. The predicted molar refractivity (Wildman–Crippen MR) is 72.1 cm³/mol. The van der Waals surface area contributed by atoms with Gasteiger partial charge in [0.05, 0.1) is 23.5 Å². The Morgan fingerprint density at radius 1 is 1.37 bits per heavy atom. The second kappa shape index (κ2) is 5.14. The molecule has 0 aliphatic carbocycles. The Hall–Kier alpha value is -1.66.